The van der Waals surface area contributed by atoms with Gasteiger partial charge in [0, 0.05) is 44.7 Å². The Kier molecular flexibility index (Phi) is 9.85. The van der Waals surface area contributed by atoms with Crippen molar-refractivity contribution in [2.75, 3.05) is 19.5 Å². The number of ether oxygens (including phenoxy) is 1. The van der Waals surface area contributed by atoms with E-state index >= 15 is 0 Å². The first kappa shape index (κ1) is 31.3. The van der Waals surface area contributed by atoms with Crippen LogP contribution in [-0.4, -0.2) is 35.9 Å². The van der Waals surface area contributed by atoms with Crippen LogP contribution in [0.2, 0.25) is 0 Å². The van der Waals surface area contributed by atoms with Gasteiger partial charge in [0.25, 0.3) is 0 Å². The van der Waals surface area contributed by atoms with Gasteiger partial charge in [-0.05, 0) is 53.1 Å². The minimum Gasteiger partial charge on any atom is -0.497 e. The molecule has 0 aliphatic heterocycles. The van der Waals surface area contributed by atoms with Crippen LogP contribution in [-0.2, 0) is 29.1 Å². The van der Waals surface area contributed by atoms with Crippen molar-refractivity contribution in [1.82, 2.24) is 15.2 Å². The van der Waals surface area contributed by atoms with Gasteiger partial charge in [0.2, 0.25) is 11.8 Å². The second-order valence-electron chi connectivity index (χ2n) is 11.9. The molecule has 0 unspecified atom stereocenters. The van der Waals surface area contributed by atoms with E-state index in [9.17, 15) is 14.4 Å². The molecule has 1 aromatic heterocycles. The van der Waals surface area contributed by atoms with Crippen LogP contribution in [0.1, 0.15) is 55.9 Å². The Morgan fingerprint density at radius 1 is 1.02 bits per heavy atom. The SMILES string of the molecule is COc1ccc(CCC(=O)N(C)Cc2ccccc2)c(Nc2nc3ccc(CNC(=O)CC(C)(C)C)c(C)c3c(=O)o2)c1. The lowest BCUT2D eigenvalue weighted by Crippen LogP contribution is -2.27. The third-order valence-corrected chi connectivity index (χ3v) is 7.19. The zero-order chi connectivity index (χ0) is 31.1. The second-order valence-corrected chi connectivity index (χ2v) is 11.9. The van der Waals surface area contributed by atoms with Gasteiger partial charge in [-0.1, -0.05) is 63.2 Å². The fraction of sp³-hybridized carbons (Fsp3) is 0.353. The molecule has 0 spiro atoms. The molecule has 0 bridgehead atoms. The molecule has 0 saturated carbocycles. The van der Waals surface area contributed by atoms with E-state index in [0.717, 1.165) is 16.7 Å². The maximum Gasteiger partial charge on any atom is 0.348 e. The fourth-order valence-electron chi connectivity index (χ4n) is 4.86. The van der Waals surface area contributed by atoms with Gasteiger partial charge in [-0.15, -0.1) is 0 Å². The number of aromatic nitrogens is 1. The molecule has 9 nitrogen and oxygen atoms in total. The van der Waals surface area contributed by atoms with Crippen molar-refractivity contribution >= 4 is 34.4 Å². The molecular weight excluding hydrogens is 544 g/mol. The fourth-order valence-corrected chi connectivity index (χ4v) is 4.86. The van der Waals surface area contributed by atoms with Gasteiger partial charge >= 0.3 is 11.6 Å². The van der Waals surface area contributed by atoms with Crippen LogP contribution in [0, 0.1) is 12.3 Å². The van der Waals surface area contributed by atoms with Crippen LogP contribution in [0.25, 0.3) is 10.9 Å². The first-order valence-corrected chi connectivity index (χ1v) is 14.4. The number of nitrogens with one attached hydrogen (secondary N) is 2. The molecule has 4 rings (SSSR count). The van der Waals surface area contributed by atoms with Gasteiger partial charge in [0.1, 0.15) is 5.75 Å². The number of fused-ring (bicyclic) bond motifs is 1. The molecule has 4 aromatic rings. The standard InChI is InChI=1S/C34H40N4O5/c1-22-25(20-35-29(39)19-34(2,3)4)13-16-27-31(22)32(41)43-33(36-27)37-28-18-26(42-6)15-12-24(28)14-17-30(40)38(5)21-23-10-8-7-9-11-23/h7-13,15-16,18H,14,17,19-21H2,1-6H3,(H,35,39)(H,36,37). The number of rotatable bonds is 11. The highest BCUT2D eigenvalue weighted by Gasteiger charge is 2.18. The lowest BCUT2D eigenvalue weighted by molar-refractivity contribution is -0.130. The summed E-state index contributed by atoms with van der Waals surface area (Å²) in [5.41, 5.74) is 3.90. The largest absolute Gasteiger partial charge is 0.497 e. The molecule has 2 amide bonds. The molecule has 9 heteroatoms. The summed E-state index contributed by atoms with van der Waals surface area (Å²) in [6, 6.07) is 19.0. The molecule has 0 atom stereocenters. The molecule has 3 aromatic carbocycles. The highest BCUT2D eigenvalue weighted by Crippen LogP contribution is 2.28. The van der Waals surface area contributed by atoms with Gasteiger partial charge in [-0.25, -0.2) is 4.79 Å². The molecule has 226 valence electrons. The average molecular weight is 585 g/mol. The first-order chi connectivity index (χ1) is 20.4. The number of carbonyl (C=O) groups excluding carboxylic acids is 2. The van der Waals surface area contributed by atoms with Gasteiger partial charge in [-0.2, -0.15) is 4.98 Å². The third kappa shape index (κ3) is 8.44. The molecule has 43 heavy (non-hydrogen) atoms. The second kappa shape index (κ2) is 13.5. The maximum atomic E-state index is 13.1. The summed E-state index contributed by atoms with van der Waals surface area (Å²) in [4.78, 5) is 44.6. The summed E-state index contributed by atoms with van der Waals surface area (Å²) in [5.74, 6) is 0.577. The van der Waals surface area contributed by atoms with Crippen molar-refractivity contribution in [2.45, 2.75) is 60.0 Å². The molecule has 0 fully saturated rings. The Hall–Kier alpha value is -4.66. The van der Waals surface area contributed by atoms with E-state index in [4.69, 9.17) is 9.15 Å². The van der Waals surface area contributed by atoms with Gasteiger partial charge in [0.15, 0.2) is 0 Å². The lowest BCUT2D eigenvalue weighted by atomic mass is 9.92. The number of benzene rings is 3. The van der Waals surface area contributed by atoms with Crippen molar-refractivity contribution < 1.29 is 18.7 Å². The summed E-state index contributed by atoms with van der Waals surface area (Å²) in [5, 5.41) is 6.43. The summed E-state index contributed by atoms with van der Waals surface area (Å²) in [6.07, 6.45) is 1.17. The summed E-state index contributed by atoms with van der Waals surface area (Å²) in [6.45, 7) is 8.69. The number of hydrogen-bond acceptors (Lipinski definition) is 7. The molecule has 0 radical (unpaired) electrons. The average Bonchev–Trinajstić information content (AvgIpc) is 2.95. The topological polar surface area (TPSA) is 114 Å². The smallest absolute Gasteiger partial charge is 0.348 e. The Morgan fingerprint density at radius 3 is 2.44 bits per heavy atom. The molecule has 0 saturated heterocycles. The minimum atomic E-state index is -0.532. The summed E-state index contributed by atoms with van der Waals surface area (Å²) < 4.78 is 11.0. The maximum absolute atomic E-state index is 13.1. The zero-order valence-electron chi connectivity index (χ0n) is 25.7. The van der Waals surface area contributed by atoms with E-state index in [-0.39, 0.29) is 23.2 Å². The highest BCUT2D eigenvalue weighted by molar-refractivity contribution is 5.83. The number of carbonyl (C=O) groups is 2. The van der Waals surface area contributed by atoms with Crippen molar-refractivity contribution in [2.24, 2.45) is 5.41 Å². The van der Waals surface area contributed by atoms with Crippen molar-refractivity contribution in [3.8, 4) is 5.75 Å². The summed E-state index contributed by atoms with van der Waals surface area (Å²) >= 11 is 0. The molecule has 1 heterocycles. The normalized spacial score (nSPS) is 11.3. The number of methoxy groups -OCH3 is 1. The Morgan fingerprint density at radius 2 is 1.74 bits per heavy atom. The van der Waals surface area contributed by atoms with Gasteiger partial charge < -0.3 is 24.7 Å². The zero-order valence-corrected chi connectivity index (χ0v) is 25.7. The summed E-state index contributed by atoms with van der Waals surface area (Å²) in [7, 11) is 3.37. The van der Waals surface area contributed by atoms with E-state index in [1.54, 1.807) is 31.2 Å². The Labute approximate surface area is 252 Å². The predicted octanol–water partition coefficient (Wildman–Crippen LogP) is 5.89. The lowest BCUT2D eigenvalue weighted by Gasteiger charge is -2.18. The van der Waals surface area contributed by atoms with Gasteiger partial charge in [-0.3, -0.25) is 9.59 Å². The van der Waals surface area contributed by atoms with Crippen LogP contribution in [0.3, 0.4) is 0 Å². The number of amides is 2. The van der Waals surface area contributed by atoms with Crippen molar-refractivity contribution in [3.05, 3.63) is 93.3 Å². The molecule has 2 N–H and O–H groups in total. The number of anilines is 2. The van der Waals surface area contributed by atoms with E-state index in [2.05, 4.69) is 15.6 Å². The molecular formula is C34H40N4O5. The van der Waals surface area contributed by atoms with Crippen LogP contribution < -0.4 is 21.0 Å². The minimum absolute atomic E-state index is 0.0156. The monoisotopic (exact) mass is 584 g/mol. The first-order valence-electron chi connectivity index (χ1n) is 14.4. The van der Waals surface area contributed by atoms with Crippen molar-refractivity contribution in [1.29, 1.82) is 0 Å². The van der Waals surface area contributed by atoms with Crippen LogP contribution in [0.5, 0.6) is 5.75 Å². The van der Waals surface area contributed by atoms with Gasteiger partial charge in [0.05, 0.1) is 18.0 Å². The number of hydrogen-bond donors (Lipinski definition) is 2. The van der Waals surface area contributed by atoms with Crippen LogP contribution >= 0.6 is 0 Å². The molecule has 0 aliphatic carbocycles. The Bertz CT molecular complexity index is 1660. The number of nitrogens with zero attached hydrogens (tertiary/aromatic N) is 2. The molecule has 0 aliphatic rings. The third-order valence-electron chi connectivity index (χ3n) is 7.19. The van der Waals surface area contributed by atoms with E-state index in [1.807, 2.05) is 76.2 Å². The highest BCUT2D eigenvalue weighted by atomic mass is 16.5. The van der Waals surface area contributed by atoms with Crippen LogP contribution in [0.15, 0.2) is 69.9 Å². The quantitative estimate of drug-likeness (QED) is 0.226. The number of aryl methyl sites for hydroxylation is 2. The van der Waals surface area contributed by atoms with E-state index in [1.165, 1.54) is 0 Å². The Balaban J connectivity index is 1.50. The van der Waals surface area contributed by atoms with Crippen molar-refractivity contribution in [3.63, 3.8) is 0 Å². The van der Waals surface area contributed by atoms with E-state index < -0.39 is 5.63 Å². The van der Waals surface area contributed by atoms with E-state index in [0.29, 0.717) is 60.3 Å². The van der Waals surface area contributed by atoms with Crippen LogP contribution in [0.4, 0.5) is 11.7 Å². The predicted molar refractivity (Wildman–Crippen MR) is 168 cm³/mol.